The monoisotopic (exact) mass is 425 g/mol. The van der Waals surface area contributed by atoms with Crippen molar-refractivity contribution in [2.45, 2.75) is 31.2 Å². The molecule has 28 heavy (non-hydrogen) atoms. The van der Waals surface area contributed by atoms with Crippen LogP contribution in [0.4, 0.5) is 4.79 Å². The van der Waals surface area contributed by atoms with Crippen molar-refractivity contribution in [1.82, 2.24) is 20.0 Å². The van der Waals surface area contributed by atoms with Crippen molar-refractivity contribution < 1.29 is 14.3 Å². The van der Waals surface area contributed by atoms with Gasteiger partial charge in [-0.15, -0.1) is 0 Å². The number of carbonyl (C=O) groups is 2. The number of urea groups is 1. The lowest BCUT2D eigenvalue weighted by Gasteiger charge is -2.40. The lowest BCUT2D eigenvalue weighted by atomic mass is 10.1. The smallest absolute Gasteiger partial charge is 0.328 e. The lowest BCUT2D eigenvalue weighted by Crippen LogP contribution is -2.64. The molecule has 0 radical (unpaired) electrons. The van der Waals surface area contributed by atoms with Crippen LogP contribution in [-0.4, -0.2) is 78.2 Å². The summed E-state index contributed by atoms with van der Waals surface area (Å²) in [5.41, 5.74) is 0.728. The highest BCUT2D eigenvalue weighted by atomic mass is 35.5. The minimum Gasteiger partial charge on any atom is -0.379 e. The molecule has 0 spiro atoms. The van der Waals surface area contributed by atoms with Gasteiger partial charge in [0.15, 0.2) is 18.2 Å². The molecule has 1 N–H and O–H groups in total. The summed E-state index contributed by atoms with van der Waals surface area (Å²) in [5.74, 6) is 0.319. The number of hydrogen-bond donors (Lipinski definition) is 1. The molecule has 3 atom stereocenters. The molecule has 3 heterocycles. The van der Waals surface area contributed by atoms with E-state index in [-0.39, 0.29) is 24.5 Å². The number of guanidine groups is 1. The zero-order valence-corrected chi connectivity index (χ0v) is 17.1. The normalized spacial score (nSPS) is 27.4. The van der Waals surface area contributed by atoms with Crippen LogP contribution in [0.1, 0.15) is 12.0 Å². The van der Waals surface area contributed by atoms with Crippen molar-refractivity contribution in [3.63, 3.8) is 0 Å². The van der Waals surface area contributed by atoms with E-state index in [1.54, 1.807) is 30.1 Å². The Morgan fingerprint density at radius 3 is 2.68 bits per heavy atom. The van der Waals surface area contributed by atoms with Gasteiger partial charge in [0, 0.05) is 20.7 Å². The van der Waals surface area contributed by atoms with Gasteiger partial charge in [0.1, 0.15) is 0 Å². The molecule has 8 nitrogen and oxygen atoms in total. The highest BCUT2D eigenvalue weighted by molar-refractivity contribution is 6.42. The fraction of sp³-hybridized carbons (Fsp3) is 0.500. The van der Waals surface area contributed by atoms with Crippen molar-refractivity contribution in [3.8, 4) is 0 Å². The summed E-state index contributed by atoms with van der Waals surface area (Å²) in [6, 6.07) is 4.27. The van der Waals surface area contributed by atoms with Crippen molar-refractivity contribution in [2.24, 2.45) is 4.99 Å². The van der Waals surface area contributed by atoms with Gasteiger partial charge in [-0.25, -0.2) is 9.79 Å². The summed E-state index contributed by atoms with van der Waals surface area (Å²) in [4.78, 5) is 35.1. The number of imide groups is 1. The van der Waals surface area contributed by atoms with Crippen LogP contribution in [0, 0.1) is 0 Å². The third kappa shape index (κ3) is 3.29. The van der Waals surface area contributed by atoms with Crippen LogP contribution in [-0.2, 0) is 16.1 Å². The number of hydrogen-bond acceptors (Lipinski definition) is 6. The summed E-state index contributed by atoms with van der Waals surface area (Å²) in [6.45, 7) is 1.43. The van der Waals surface area contributed by atoms with Crippen LogP contribution < -0.4 is 5.32 Å². The topological polar surface area (TPSA) is 77.5 Å². The number of benzene rings is 1. The minimum atomic E-state index is -0.574. The number of nitrogens with one attached hydrogen (secondary N) is 1. The maximum atomic E-state index is 13.2. The number of likely N-dealkylation sites (N-methyl/N-ethyl adjacent to an activating group) is 2. The van der Waals surface area contributed by atoms with Crippen LogP contribution in [0.15, 0.2) is 23.2 Å². The van der Waals surface area contributed by atoms with Crippen molar-refractivity contribution in [1.29, 1.82) is 0 Å². The summed E-state index contributed by atoms with van der Waals surface area (Å²) in [5, 5.41) is 4.14. The molecule has 150 valence electrons. The van der Waals surface area contributed by atoms with Crippen LogP contribution in [0.2, 0.25) is 10.0 Å². The average molecular weight is 426 g/mol. The maximum Gasteiger partial charge on any atom is 0.328 e. The van der Waals surface area contributed by atoms with Gasteiger partial charge in [-0.05, 0) is 24.1 Å². The average Bonchev–Trinajstić information content (AvgIpc) is 3.29. The Bertz CT molecular complexity index is 843. The predicted octanol–water partition coefficient (Wildman–Crippen LogP) is 1.76. The molecule has 2 unspecified atom stereocenters. The first-order valence-corrected chi connectivity index (χ1v) is 9.79. The Balaban J connectivity index is 1.54. The van der Waals surface area contributed by atoms with Gasteiger partial charge in [-0.3, -0.25) is 9.69 Å². The predicted molar refractivity (Wildman–Crippen MR) is 105 cm³/mol. The van der Waals surface area contributed by atoms with E-state index >= 15 is 0 Å². The Hall–Kier alpha value is -2.03. The molecule has 1 aromatic carbocycles. The van der Waals surface area contributed by atoms with Gasteiger partial charge in [-0.2, -0.15) is 0 Å². The van der Waals surface area contributed by atoms with Crippen LogP contribution in [0.3, 0.4) is 0 Å². The second-order valence-electron chi connectivity index (χ2n) is 7.19. The molecular weight excluding hydrogens is 405 g/mol. The molecule has 0 saturated carbocycles. The summed E-state index contributed by atoms with van der Waals surface area (Å²) >= 11 is 12.0. The van der Waals surface area contributed by atoms with E-state index in [0.717, 1.165) is 12.0 Å². The van der Waals surface area contributed by atoms with Gasteiger partial charge >= 0.3 is 6.03 Å². The third-order valence-corrected chi connectivity index (χ3v) is 6.06. The number of fused-ring (bicyclic) bond motifs is 1. The van der Waals surface area contributed by atoms with E-state index in [9.17, 15) is 9.59 Å². The fourth-order valence-electron chi connectivity index (χ4n) is 3.70. The van der Waals surface area contributed by atoms with Gasteiger partial charge in [-0.1, -0.05) is 29.3 Å². The zero-order valence-electron chi connectivity index (χ0n) is 15.6. The van der Waals surface area contributed by atoms with E-state index in [1.807, 2.05) is 7.05 Å². The molecule has 0 bridgehead atoms. The number of ether oxygens (including phenoxy) is 1. The van der Waals surface area contributed by atoms with Gasteiger partial charge in [0.25, 0.3) is 5.91 Å². The second-order valence-corrected chi connectivity index (χ2v) is 8.01. The molecule has 1 aromatic rings. The number of amides is 3. The summed E-state index contributed by atoms with van der Waals surface area (Å²) in [6.07, 6.45) is 0.328. The molecule has 10 heteroatoms. The van der Waals surface area contributed by atoms with Gasteiger partial charge in [0.2, 0.25) is 0 Å². The molecular formula is C18H21Cl2N5O3. The molecule has 0 aliphatic carbocycles. The number of halogens is 2. The molecule has 3 aliphatic heterocycles. The summed E-state index contributed by atoms with van der Waals surface area (Å²) in [7, 11) is 3.47. The molecule has 3 amide bonds. The minimum absolute atomic E-state index is 0.120. The zero-order chi connectivity index (χ0) is 20.0. The van der Waals surface area contributed by atoms with E-state index < -0.39 is 12.2 Å². The second kappa shape index (κ2) is 7.42. The third-order valence-electron chi connectivity index (χ3n) is 5.32. The Labute approximate surface area is 173 Å². The number of nitrogens with zero attached hydrogens (tertiary/aromatic N) is 4. The fourth-order valence-corrected chi connectivity index (χ4v) is 4.02. The lowest BCUT2D eigenvalue weighted by molar-refractivity contribution is -0.137. The van der Waals surface area contributed by atoms with Crippen molar-refractivity contribution >= 4 is 41.1 Å². The number of rotatable bonds is 3. The Morgan fingerprint density at radius 2 is 2.00 bits per heavy atom. The van der Waals surface area contributed by atoms with E-state index in [0.29, 0.717) is 29.2 Å². The molecule has 2 saturated heterocycles. The van der Waals surface area contributed by atoms with Gasteiger partial charge < -0.3 is 19.9 Å². The maximum absolute atomic E-state index is 13.2. The first-order chi connectivity index (χ1) is 13.4. The molecule has 0 aromatic heterocycles. The quantitative estimate of drug-likeness (QED) is 0.797. The van der Waals surface area contributed by atoms with Crippen LogP contribution >= 0.6 is 23.2 Å². The molecule has 3 aliphatic rings. The van der Waals surface area contributed by atoms with E-state index in [2.05, 4.69) is 10.3 Å². The van der Waals surface area contributed by atoms with Crippen LogP contribution in [0.25, 0.3) is 0 Å². The van der Waals surface area contributed by atoms with E-state index in [1.165, 1.54) is 9.80 Å². The first-order valence-electron chi connectivity index (χ1n) is 9.04. The summed E-state index contributed by atoms with van der Waals surface area (Å²) < 4.78 is 5.39. The van der Waals surface area contributed by atoms with E-state index in [4.69, 9.17) is 27.9 Å². The molecule has 4 rings (SSSR count). The SMILES string of the molecule is CN1C(=O)N(Cc2ccc(Cl)c(Cl)c2)C(=O)C2C1N=C(N[C@@H]1CCOC1)N2C. The Morgan fingerprint density at radius 1 is 1.21 bits per heavy atom. The largest absolute Gasteiger partial charge is 0.379 e. The highest BCUT2D eigenvalue weighted by Gasteiger charge is 2.51. The van der Waals surface area contributed by atoms with Gasteiger partial charge in [0.05, 0.1) is 29.2 Å². The Kier molecular flexibility index (Phi) is 5.11. The van der Waals surface area contributed by atoms with Crippen molar-refractivity contribution in [3.05, 3.63) is 33.8 Å². The standard InChI is InChI=1S/C18H21Cl2N5O3/c1-23-14-15(22-17(23)21-11-5-6-28-9-11)24(2)18(27)25(16(14)26)8-10-3-4-12(19)13(20)7-10/h3-4,7,11,14-15H,5-6,8-9H2,1-2H3,(H,21,22)/t11-,14?,15?/m1/s1. The molecule has 2 fully saturated rings. The van der Waals surface area contributed by atoms with Crippen molar-refractivity contribution in [2.75, 3.05) is 27.3 Å². The number of aliphatic imine (C=N–C) groups is 1. The highest BCUT2D eigenvalue weighted by Crippen LogP contribution is 2.29. The number of carbonyl (C=O) groups excluding carboxylic acids is 2. The van der Waals surface area contributed by atoms with Crippen LogP contribution in [0.5, 0.6) is 0 Å². The first kappa shape index (κ1) is 19.3.